The standard InChI is InChI=1S/C18H18ClN5O3/c1-10(13-9-11-8-12(19)2-3-14(11)22-16(13)25)21-17-20-5-4-15(23-17)24-6-7-27-18(24)26/h2-5,8-10,18,26H,6-7H2,1H3,(H,22,25)(H,20,21,23)/t10-,18?/m0/s1. The number of ether oxygens (including phenoxy) is 1. The lowest BCUT2D eigenvalue weighted by Gasteiger charge is -2.20. The van der Waals surface area contributed by atoms with E-state index in [4.69, 9.17) is 16.3 Å². The molecule has 0 bridgehead atoms. The Morgan fingerprint density at radius 1 is 1.41 bits per heavy atom. The topological polar surface area (TPSA) is 103 Å². The zero-order chi connectivity index (χ0) is 19.0. The van der Waals surface area contributed by atoms with Crippen LogP contribution in [-0.2, 0) is 4.74 Å². The lowest BCUT2D eigenvalue weighted by atomic mass is 10.1. The molecule has 1 fully saturated rings. The molecule has 1 unspecified atom stereocenters. The molecule has 27 heavy (non-hydrogen) atoms. The van der Waals surface area contributed by atoms with Crippen LogP contribution < -0.4 is 15.8 Å². The Morgan fingerprint density at radius 2 is 2.26 bits per heavy atom. The molecule has 9 heteroatoms. The summed E-state index contributed by atoms with van der Waals surface area (Å²) < 4.78 is 5.12. The highest BCUT2D eigenvalue weighted by Gasteiger charge is 2.24. The highest BCUT2D eigenvalue weighted by molar-refractivity contribution is 6.31. The third-order valence-electron chi connectivity index (χ3n) is 4.45. The van der Waals surface area contributed by atoms with Gasteiger partial charge >= 0.3 is 0 Å². The number of aromatic amines is 1. The van der Waals surface area contributed by atoms with E-state index >= 15 is 0 Å². The normalized spacial score (nSPS) is 18.0. The number of hydrogen-bond donors (Lipinski definition) is 3. The highest BCUT2D eigenvalue weighted by Crippen LogP contribution is 2.22. The third kappa shape index (κ3) is 3.59. The molecule has 4 rings (SSSR count). The number of aliphatic hydroxyl groups is 1. The molecule has 2 aromatic heterocycles. The fourth-order valence-electron chi connectivity index (χ4n) is 3.05. The molecular weight excluding hydrogens is 370 g/mol. The lowest BCUT2D eigenvalue weighted by molar-refractivity contribution is -0.0576. The van der Waals surface area contributed by atoms with Crippen LogP contribution in [0.3, 0.4) is 0 Å². The van der Waals surface area contributed by atoms with Crippen LogP contribution in [0.25, 0.3) is 10.9 Å². The number of anilines is 2. The summed E-state index contributed by atoms with van der Waals surface area (Å²) in [6.07, 6.45) is 0.575. The molecule has 3 heterocycles. The van der Waals surface area contributed by atoms with Gasteiger partial charge in [0.25, 0.3) is 5.56 Å². The fourth-order valence-corrected chi connectivity index (χ4v) is 3.23. The van der Waals surface area contributed by atoms with Crippen LogP contribution in [0.2, 0.25) is 5.02 Å². The van der Waals surface area contributed by atoms with E-state index in [0.717, 1.165) is 10.9 Å². The Hall–Kier alpha value is -2.68. The number of nitrogens with one attached hydrogen (secondary N) is 2. The predicted molar refractivity (Wildman–Crippen MR) is 103 cm³/mol. The van der Waals surface area contributed by atoms with E-state index in [-0.39, 0.29) is 11.6 Å². The maximum absolute atomic E-state index is 12.4. The molecule has 1 aliphatic heterocycles. The summed E-state index contributed by atoms with van der Waals surface area (Å²) in [5.74, 6) is 0.897. The third-order valence-corrected chi connectivity index (χ3v) is 4.68. The Bertz CT molecular complexity index is 1040. The number of fused-ring (bicyclic) bond motifs is 1. The van der Waals surface area contributed by atoms with Crippen molar-refractivity contribution in [1.29, 1.82) is 0 Å². The van der Waals surface area contributed by atoms with Crippen LogP contribution in [-0.4, -0.2) is 39.6 Å². The molecule has 0 saturated carbocycles. The average molecular weight is 388 g/mol. The molecule has 140 valence electrons. The van der Waals surface area contributed by atoms with Gasteiger partial charge in [0.15, 0.2) is 0 Å². The zero-order valence-electron chi connectivity index (χ0n) is 14.5. The van der Waals surface area contributed by atoms with E-state index in [9.17, 15) is 9.90 Å². The van der Waals surface area contributed by atoms with E-state index < -0.39 is 6.41 Å². The number of halogens is 1. The molecule has 1 aromatic carbocycles. The molecule has 3 aromatic rings. The Labute approximate surface area is 159 Å². The minimum atomic E-state index is -1.02. The second-order valence-corrected chi connectivity index (χ2v) is 6.72. The van der Waals surface area contributed by atoms with Gasteiger partial charge in [-0.15, -0.1) is 0 Å². The summed E-state index contributed by atoms with van der Waals surface area (Å²) in [5.41, 5.74) is 1.08. The molecule has 2 atom stereocenters. The quantitative estimate of drug-likeness (QED) is 0.630. The SMILES string of the molecule is C[C@H](Nc1nccc(N2CCOC2O)n1)c1cc2cc(Cl)ccc2[nH]c1=O. The number of hydrogen-bond acceptors (Lipinski definition) is 7. The smallest absolute Gasteiger partial charge is 0.253 e. The zero-order valence-corrected chi connectivity index (χ0v) is 15.3. The molecular formula is C18H18ClN5O3. The van der Waals surface area contributed by atoms with Crippen molar-refractivity contribution in [1.82, 2.24) is 15.0 Å². The van der Waals surface area contributed by atoms with Gasteiger partial charge in [0.05, 0.1) is 12.6 Å². The van der Waals surface area contributed by atoms with Crippen LogP contribution in [0.1, 0.15) is 18.5 Å². The van der Waals surface area contributed by atoms with Crippen LogP contribution in [0.15, 0.2) is 41.3 Å². The van der Waals surface area contributed by atoms with Crippen LogP contribution >= 0.6 is 11.6 Å². The summed E-state index contributed by atoms with van der Waals surface area (Å²) >= 11 is 6.05. The molecule has 0 spiro atoms. The lowest BCUT2D eigenvalue weighted by Crippen LogP contribution is -2.30. The van der Waals surface area contributed by atoms with Crippen LogP contribution in [0.4, 0.5) is 11.8 Å². The predicted octanol–water partition coefficient (Wildman–Crippen LogP) is 2.26. The Kier molecular flexibility index (Phi) is 4.69. The van der Waals surface area contributed by atoms with Crippen molar-refractivity contribution in [2.24, 2.45) is 0 Å². The monoisotopic (exact) mass is 387 g/mol. The van der Waals surface area contributed by atoms with Gasteiger partial charge in [-0.2, -0.15) is 4.98 Å². The van der Waals surface area contributed by atoms with Crippen molar-refractivity contribution in [3.05, 3.63) is 57.5 Å². The minimum absolute atomic E-state index is 0.190. The van der Waals surface area contributed by atoms with Crippen molar-refractivity contribution in [2.45, 2.75) is 19.4 Å². The maximum atomic E-state index is 12.4. The van der Waals surface area contributed by atoms with Gasteiger partial charge in [0.1, 0.15) is 5.82 Å². The number of H-pyrrole nitrogens is 1. The summed E-state index contributed by atoms with van der Waals surface area (Å²) in [6.45, 7) is 2.82. The molecule has 0 radical (unpaired) electrons. The van der Waals surface area contributed by atoms with Crippen LogP contribution in [0.5, 0.6) is 0 Å². The minimum Gasteiger partial charge on any atom is -0.351 e. The highest BCUT2D eigenvalue weighted by atomic mass is 35.5. The van der Waals surface area contributed by atoms with Gasteiger partial charge in [-0.1, -0.05) is 11.6 Å². The number of nitrogens with zero attached hydrogens (tertiary/aromatic N) is 3. The van der Waals surface area contributed by atoms with Gasteiger partial charge in [-0.25, -0.2) is 4.98 Å². The first kappa shape index (κ1) is 17.7. The second-order valence-electron chi connectivity index (χ2n) is 6.28. The van der Waals surface area contributed by atoms with Gasteiger partial charge in [0, 0.05) is 34.2 Å². The number of pyridine rings is 1. The van der Waals surface area contributed by atoms with E-state index in [0.29, 0.717) is 35.5 Å². The van der Waals surface area contributed by atoms with E-state index in [1.807, 2.05) is 6.92 Å². The number of aromatic nitrogens is 3. The molecule has 8 nitrogen and oxygen atoms in total. The summed E-state index contributed by atoms with van der Waals surface area (Å²) in [6, 6.07) is 8.47. The van der Waals surface area contributed by atoms with Gasteiger partial charge in [-0.3, -0.25) is 4.79 Å². The number of aliphatic hydroxyl groups excluding tert-OH is 1. The van der Waals surface area contributed by atoms with Crippen LogP contribution in [0, 0.1) is 0 Å². The van der Waals surface area contributed by atoms with Gasteiger partial charge < -0.3 is 25.0 Å². The number of benzene rings is 1. The summed E-state index contributed by atoms with van der Waals surface area (Å²) in [5, 5.41) is 14.4. The maximum Gasteiger partial charge on any atom is 0.253 e. The van der Waals surface area contributed by atoms with Crippen molar-refractivity contribution in [3.63, 3.8) is 0 Å². The fraction of sp³-hybridized carbons (Fsp3) is 0.278. The Morgan fingerprint density at radius 3 is 3.04 bits per heavy atom. The largest absolute Gasteiger partial charge is 0.351 e. The van der Waals surface area contributed by atoms with Crippen molar-refractivity contribution < 1.29 is 9.84 Å². The number of rotatable bonds is 4. The van der Waals surface area contributed by atoms with Crippen molar-refractivity contribution in [3.8, 4) is 0 Å². The van der Waals surface area contributed by atoms with Gasteiger partial charge in [-0.05, 0) is 37.3 Å². The Balaban J connectivity index is 1.61. The molecule has 0 aliphatic carbocycles. The van der Waals surface area contributed by atoms with E-state index in [2.05, 4.69) is 20.3 Å². The first-order valence-electron chi connectivity index (χ1n) is 8.49. The van der Waals surface area contributed by atoms with Crippen molar-refractivity contribution in [2.75, 3.05) is 23.4 Å². The van der Waals surface area contributed by atoms with E-state index in [1.165, 1.54) is 0 Å². The summed E-state index contributed by atoms with van der Waals surface area (Å²) in [7, 11) is 0. The second kappa shape index (κ2) is 7.15. The van der Waals surface area contributed by atoms with Gasteiger partial charge in [0.2, 0.25) is 12.4 Å². The molecule has 1 saturated heterocycles. The molecule has 1 aliphatic rings. The molecule has 3 N–H and O–H groups in total. The van der Waals surface area contributed by atoms with E-state index in [1.54, 1.807) is 41.4 Å². The first-order valence-corrected chi connectivity index (χ1v) is 8.87. The molecule has 0 amide bonds. The van der Waals surface area contributed by atoms with Crippen molar-refractivity contribution >= 4 is 34.3 Å². The summed E-state index contributed by atoms with van der Waals surface area (Å²) in [4.78, 5) is 25.5. The first-order chi connectivity index (χ1) is 13.0. The average Bonchev–Trinajstić information content (AvgIpc) is 3.07.